The van der Waals surface area contributed by atoms with Crippen molar-refractivity contribution in [2.75, 3.05) is 18.1 Å². The number of furan rings is 1. The highest BCUT2D eigenvalue weighted by Gasteiger charge is 2.16. The van der Waals surface area contributed by atoms with Crippen LogP contribution in [0.5, 0.6) is 0 Å². The van der Waals surface area contributed by atoms with Crippen LogP contribution in [0.15, 0.2) is 21.2 Å². The Morgan fingerprint density at radius 3 is 2.87 bits per heavy atom. The van der Waals surface area contributed by atoms with Crippen molar-refractivity contribution in [3.05, 3.63) is 22.6 Å². The van der Waals surface area contributed by atoms with E-state index >= 15 is 0 Å². The van der Waals surface area contributed by atoms with Crippen molar-refractivity contribution in [3.8, 4) is 0 Å². The van der Waals surface area contributed by atoms with Crippen molar-refractivity contribution in [3.63, 3.8) is 0 Å². The van der Waals surface area contributed by atoms with Gasteiger partial charge in [-0.1, -0.05) is 13.8 Å². The van der Waals surface area contributed by atoms with Gasteiger partial charge in [0, 0.05) is 5.75 Å². The second-order valence-electron chi connectivity index (χ2n) is 3.30. The molecule has 0 bridgehead atoms. The van der Waals surface area contributed by atoms with Gasteiger partial charge in [0.25, 0.3) is 0 Å². The highest BCUT2D eigenvalue weighted by molar-refractivity contribution is 9.10. The molecule has 86 valence electrons. The first-order chi connectivity index (χ1) is 7.29. The molecule has 15 heavy (non-hydrogen) atoms. The van der Waals surface area contributed by atoms with Crippen LogP contribution in [-0.4, -0.2) is 18.1 Å². The van der Waals surface area contributed by atoms with Gasteiger partial charge in [0.2, 0.25) is 0 Å². The van der Waals surface area contributed by atoms with E-state index in [9.17, 15) is 0 Å². The second-order valence-corrected chi connectivity index (χ2v) is 5.47. The Balaban J connectivity index is 2.58. The van der Waals surface area contributed by atoms with E-state index in [1.54, 1.807) is 6.26 Å². The number of nitrogens with one attached hydrogen (secondary N) is 1. The molecule has 1 unspecified atom stereocenters. The normalized spacial score (nSPS) is 13.0. The average Bonchev–Trinajstić information content (AvgIpc) is 2.65. The molecule has 0 saturated heterocycles. The largest absolute Gasteiger partial charge is 0.466 e. The monoisotopic (exact) mass is 291 g/mol. The van der Waals surface area contributed by atoms with Crippen molar-refractivity contribution in [1.29, 1.82) is 0 Å². The molecule has 2 nitrogen and oxygen atoms in total. The fraction of sp³-hybridized carbons (Fsp3) is 0.636. The van der Waals surface area contributed by atoms with E-state index in [1.165, 1.54) is 0 Å². The zero-order valence-electron chi connectivity index (χ0n) is 9.25. The van der Waals surface area contributed by atoms with E-state index in [0.29, 0.717) is 6.04 Å². The molecule has 0 aliphatic carbocycles. The van der Waals surface area contributed by atoms with Gasteiger partial charge >= 0.3 is 0 Å². The van der Waals surface area contributed by atoms with Crippen LogP contribution in [0.25, 0.3) is 0 Å². The first-order valence-corrected chi connectivity index (χ1v) is 7.28. The summed E-state index contributed by atoms with van der Waals surface area (Å²) >= 11 is 5.44. The minimum Gasteiger partial charge on any atom is -0.466 e. The molecule has 0 amide bonds. The summed E-state index contributed by atoms with van der Waals surface area (Å²) in [5.74, 6) is 3.22. The van der Waals surface area contributed by atoms with Crippen LogP contribution in [0.3, 0.4) is 0 Å². The zero-order valence-corrected chi connectivity index (χ0v) is 11.7. The summed E-state index contributed by atoms with van der Waals surface area (Å²) in [5, 5.41) is 3.50. The Kier molecular flexibility index (Phi) is 6.45. The Morgan fingerprint density at radius 2 is 2.33 bits per heavy atom. The first kappa shape index (κ1) is 13.1. The Bertz CT molecular complexity index is 269. The maximum absolute atomic E-state index is 5.50. The third-order valence-corrected chi connectivity index (χ3v) is 3.72. The highest BCUT2D eigenvalue weighted by Crippen LogP contribution is 2.27. The van der Waals surface area contributed by atoms with Gasteiger partial charge in [0.15, 0.2) is 0 Å². The first-order valence-electron chi connectivity index (χ1n) is 5.33. The molecule has 4 heteroatoms. The molecule has 1 aromatic rings. The molecular formula is C11H18BrNOS. The number of hydrogen-bond acceptors (Lipinski definition) is 3. The molecule has 0 aliphatic rings. The summed E-state index contributed by atoms with van der Waals surface area (Å²) < 4.78 is 6.56. The summed E-state index contributed by atoms with van der Waals surface area (Å²) in [5.41, 5.74) is 0. The minimum absolute atomic E-state index is 0.319. The Morgan fingerprint density at radius 1 is 1.53 bits per heavy atom. The lowest BCUT2D eigenvalue weighted by molar-refractivity contribution is 0.433. The predicted octanol–water partition coefficient (Wildman–Crippen LogP) is 3.84. The van der Waals surface area contributed by atoms with Gasteiger partial charge < -0.3 is 9.73 Å². The molecule has 0 saturated carbocycles. The minimum atomic E-state index is 0.319. The SMILES string of the molecule is CCCNC(CSCC)c1occc1Br. The van der Waals surface area contributed by atoms with Gasteiger partial charge in [-0.15, -0.1) is 0 Å². The molecule has 1 aromatic heterocycles. The number of hydrogen-bond donors (Lipinski definition) is 1. The maximum atomic E-state index is 5.50. The van der Waals surface area contributed by atoms with E-state index in [0.717, 1.165) is 34.7 Å². The number of halogens is 1. The molecule has 1 atom stereocenters. The Labute approximate surface area is 104 Å². The fourth-order valence-corrected chi connectivity index (χ4v) is 2.55. The molecule has 0 fully saturated rings. The van der Waals surface area contributed by atoms with E-state index in [-0.39, 0.29) is 0 Å². The van der Waals surface area contributed by atoms with Crippen molar-refractivity contribution < 1.29 is 4.42 Å². The van der Waals surface area contributed by atoms with Crippen LogP contribution >= 0.6 is 27.7 Å². The van der Waals surface area contributed by atoms with Crippen LogP contribution in [0.1, 0.15) is 32.1 Å². The van der Waals surface area contributed by atoms with Crippen LogP contribution in [0, 0.1) is 0 Å². The smallest absolute Gasteiger partial charge is 0.135 e. The predicted molar refractivity (Wildman–Crippen MR) is 70.4 cm³/mol. The summed E-state index contributed by atoms with van der Waals surface area (Å²) in [7, 11) is 0. The lowest BCUT2D eigenvalue weighted by Gasteiger charge is -2.16. The third-order valence-electron chi connectivity index (χ3n) is 2.09. The van der Waals surface area contributed by atoms with Gasteiger partial charge in [-0.25, -0.2) is 0 Å². The zero-order chi connectivity index (χ0) is 11.1. The van der Waals surface area contributed by atoms with E-state index in [4.69, 9.17) is 4.42 Å². The highest BCUT2D eigenvalue weighted by atomic mass is 79.9. The number of rotatable bonds is 7. The van der Waals surface area contributed by atoms with Crippen molar-refractivity contribution in [2.24, 2.45) is 0 Å². The Hall–Kier alpha value is 0.0700. The molecule has 0 spiro atoms. The van der Waals surface area contributed by atoms with E-state index in [2.05, 4.69) is 35.1 Å². The number of thioether (sulfide) groups is 1. The summed E-state index contributed by atoms with van der Waals surface area (Å²) in [4.78, 5) is 0. The van der Waals surface area contributed by atoms with Crippen molar-refractivity contribution in [1.82, 2.24) is 5.32 Å². The lowest BCUT2D eigenvalue weighted by Crippen LogP contribution is -2.24. The van der Waals surface area contributed by atoms with E-state index < -0.39 is 0 Å². The molecule has 0 aromatic carbocycles. The molecule has 0 aliphatic heterocycles. The van der Waals surface area contributed by atoms with Gasteiger partial charge in [-0.3, -0.25) is 0 Å². The fourth-order valence-electron chi connectivity index (χ4n) is 1.34. The van der Waals surface area contributed by atoms with Crippen LogP contribution in [-0.2, 0) is 0 Å². The lowest BCUT2D eigenvalue weighted by atomic mass is 10.2. The molecule has 1 heterocycles. The van der Waals surface area contributed by atoms with Crippen molar-refractivity contribution >= 4 is 27.7 Å². The van der Waals surface area contributed by atoms with Crippen molar-refractivity contribution in [2.45, 2.75) is 26.3 Å². The summed E-state index contributed by atoms with van der Waals surface area (Å²) in [6, 6.07) is 2.27. The molecule has 0 radical (unpaired) electrons. The van der Waals surface area contributed by atoms with Crippen LogP contribution in [0.4, 0.5) is 0 Å². The van der Waals surface area contributed by atoms with E-state index in [1.807, 2.05) is 17.8 Å². The van der Waals surface area contributed by atoms with Gasteiger partial charge in [-0.2, -0.15) is 11.8 Å². The van der Waals surface area contributed by atoms with Gasteiger partial charge in [0.1, 0.15) is 5.76 Å². The molecule has 1 rings (SSSR count). The molecule has 1 N–H and O–H groups in total. The average molecular weight is 292 g/mol. The molecular weight excluding hydrogens is 274 g/mol. The topological polar surface area (TPSA) is 25.2 Å². The van der Waals surface area contributed by atoms with Gasteiger partial charge in [-0.05, 0) is 40.7 Å². The van der Waals surface area contributed by atoms with Crippen LogP contribution in [0.2, 0.25) is 0 Å². The second kappa shape index (κ2) is 7.36. The maximum Gasteiger partial charge on any atom is 0.135 e. The quantitative estimate of drug-likeness (QED) is 0.826. The van der Waals surface area contributed by atoms with Crippen LogP contribution < -0.4 is 5.32 Å². The van der Waals surface area contributed by atoms with Gasteiger partial charge in [0.05, 0.1) is 16.8 Å². The summed E-state index contributed by atoms with van der Waals surface area (Å²) in [6.07, 6.45) is 2.88. The summed E-state index contributed by atoms with van der Waals surface area (Å²) in [6.45, 7) is 5.38. The third kappa shape index (κ3) is 4.21. The standard InChI is InChI=1S/C11H18BrNOS/c1-3-6-13-10(8-15-4-2)11-9(12)5-7-14-11/h5,7,10,13H,3-4,6,8H2,1-2H3.